The molecule has 1 aromatic heterocycles. The Labute approximate surface area is 114 Å². The normalized spacial score (nSPS) is 10.6. The van der Waals surface area contributed by atoms with E-state index in [0.717, 1.165) is 30.0 Å². The van der Waals surface area contributed by atoms with Crippen molar-refractivity contribution >= 4 is 15.9 Å². The number of nitrogens with one attached hydrogen (secondary N) is 1. The predicted molar refractivity (Wildman–Crippen MR) is 74.6 cm³/mol. The van der Waals surface area contributed by atoms with Gasteiger partial charge in [0, 0.05) is 6.07 Å². The van der Waals surface area contributed by atoms with Crippen molar-refractivity contribution in [2.75, 3.05) is 7.11 Å². The van der Waals surface area contributed by atoms with Gasteiger partial charge in [0.25, 0.3) is 5.56 Å². The van der Waals surface area contributed by atoms with Gasteiger partial charge in [0.2, 0.25) is 0 Å². The number of nitrogens with zero attached hydrogens (tertiary/aromatic N) is 1. The van der Waals surface area contributed by atoms with Crippen LogP contribution >= 0.6 is 15.9 Å². The average molecular weight is 311 g/mol. The molecule has 0 fully saturated rings. The third-order valence-corrected chi connectivity index (χ3v) is 3.53. The molecule has 5 heteroatoms. The summed E-state index contributed by atoms with van der Waals surface area (Å²) in [4.78, 5) is 12.1. The van der Waals surface area contributed by atoms with E-state index in [0.29, 0.717) is 4.47 Å². The summed E-state index contributed by atoms with van der Waals surface area (Å²) in [5.74, 6) is 0.724. The zero-order chi connectivity index (χ0) is 13.1. The lowest BCUT2D eigenvalue weighted by Crippen LogP contribution is -2.14. The van der Waals surface area contributed by atoms with Crippen LogP contribution in [0.4, 0.5) is 0 Å². The second-order valence-electron chi connectivity index (χ2n) is 4.00. The quantitative estimate of drug-likeness (QED) is 0.944. The highest BCUT2D eigenvalue weighted by Crippen LogP contribution is 2.18. The maximum Gasteiger partial charge on any atom is 0.285 e. The van der Waals surface area contributed by atoms with E-state index in [2.05, 4.69) is 28.0 Å². The fourth-order valence-corrected chi connectivity index (χ4v) is 2.27. The number of methoxy groups -OCH3 is 1. The molecule has 0 bridgehead atoms. The molecule has 0 unspecified atom stereocenters. The van der Waals surface area contributed by atoms with Crippen molar-refractivity contribution in [3.8, 4) is 11.4 Å². The van der Waals surface area contributed by atoms with Crippen molar-refractivity contribution in [3.05, 3.63) is 44.8 Å². The molecule has 0 aliphatic carbocycles. The van der Waals surface area contributed by atoms with Gasteiger partial charge in [-0.25, -0.2) is 4.68 Å². The van der Waals surface area contributed by atoms with Crippen LogP contribution in [0.15, 0.2) is 33.5 Å². The van der Waals surface area contributed by atoms with Crippen molar-refractivity contribution in [1.29, 1.82) is 0 Å². The molecule has 4 nitrogen and oxygen atoms in total. The number of aromatic amines is 1. The van der Waals surface area contributed by atoms with Crippen molar-refractivity contribution in [3.63, 3.8) is 0 Å². The summed E-state index contributed by atoms with van der Waals surface area (Å²) < 4.78 is 7.29. The molecule has 2 rings (SSSR count). The Balaban J connectivity index is 2.50. The number of rotatable bonds is 4. The molecular weight excluding hydrogens is 296 g/mol. The van der Waals surface area contributed by atoms with Crippen LogP contribution in [-0.2, 0) is 6.42 Å². The molecule has 0 atom stereocenters. The van der Waals surface area contributed by atoms with E-state index >= 15 is 0 Å². The number of halogens is 1. The fourth-order valence-electron chi connectivity index (χ4n) is 1.81. The minimum atomic E-state index is -0.0771. The van der Waals surface area contributed by atoms with Crippen molar-refractivity contribution in [2.24, 2.45) is 0 Å². The predicted octanol–water partition coefficient (Wildman–Crippen LogP) is 2.89. The second kappa shape index (κ2) is 5.44. The van der Waals surface area contributed by atoms with Crippen molar-refractivity contribution < 1.29 is 4.74 Å². The van der Waals surface area contributed by atoms with Crippen LogP contribution in [0, 0.1) is 0 Å². The Hall–Kier alpha value is -1.49. The summed E-state index contributed by atoms with van der Waals surface area (Å²) in [6, 6.07) is 7.39. The number of benzene rings is 1. The number of hydrogen-bond acceptors (Lipinski definition) is 2. The first-order valence-electron chi connectivity index (χ1n) is 5.81. The Kier molecular flexibility index (Phi) is 3.91. The highest BCUT2D eigenvalue weighted by Gasteiger charge is 2.12. The topological polar surface area (TPSA) is 47.0 Å². The first kappa shape index (κ1) is 13.0. The molecule has 0 aliphatic heterocycles. The van der Waals surface area contributed by atoms with Crippen LogP contribution in [0.3, 0.4) is 0 Å². The molecule has 0 amide bonds. The van der Waals surface area contributed by atoms with E-state index in [1.165, 1.54) is 4.68 Å². The van der Waals surface area contributed by atoms with Gasteiger partial charge < -0.3 is 4.74 Å². The lowest BCUT2D eigenvalue weighted by molar-refractivity contribution is 0.414. The standard InChI is InChI=1S/C13H15BrN2O2/c1-3-5-11-12(14)13(17)16(15-11)9-6-4-7-10(8-9)18-2/h4,6-8,15H,3,5H2,1-2H3. The first-order chi connectivity index (χ1) is 8.67. The van der Waals surface area contributed by atoms with Gasteiger partial charge in [-0.05, 0) is 34.5 Å². The summed E-state index contributed by atoms with van der Waals surface area (Å²) in [5, 5.41) is 3.12. The van der Waals surface area contributed by atoms with Crippen LogP contribution in [0.1, 0.15) is 19.0 Å². The Bertz CT molecular complexity index is 601. The SMILES string of the molecule is CCCc1[nH]n(-c2cccc(OC)c2)c(=O)c1Br. The molecule has 0 saturated carbocycles. The number of H-pyrrole nitrogens is 1. The van der Waals surface area contributed by atoms with E-state index in [9.17, 15) is 4.79 Å². The third-order valence-electron chi connectivity index (χ3n) is 2.71. The van der Waals surface area contributed by atoms with Crippen molar-refractivity contribution in [1.82, 2.24) is 9.78 Å². The van der Waals surface area contributed by atoms with Gasteiger partial charge in [-0.1, -0.05) is 19.4 Å². The Morgan fingerprint density at radius 3 is 2.89 bits per heavy atom. The lowest BCUT2D eigenvalue weighted by Gasteiger charge is -2.04. The van der Waals surface area contributed by atoms with Gasteiger partial charge in [-0.3, -0.25) is 9.89 Å². The van der Waals surface area contributed by atoms with Gasteiger partial charge in [0.15, 0.2) is 0 Å². The monoisotopic (exact) mass is 310 g/mol. The molecule has 18 heavy (non-hydrogen) atoms. The summed E-state index contributed by atoms with van der Waals surface area (Å²) in [5.41, 5.74) is 1.61. The molecule has 2 aromatic rings. The fraction of sp³-hybridized carbons (Fsp3) is 0.308. The number of aryl methyl sites for hydroxylation is 1. The maximum atomic E-state index is 12.1. The highest BCUT2D eigenvalue weighted by atomic mass is 79.9. The van der Waals surface area contributed by atoms with Gasteiger partial charge in [-0.2, -0.15) is 0 Å². The Morgan fingerprint density at radius 1 is 1.44 bits per heavy atom. The third kappa shape index (κ3) is 2.36. The molecule has 1 heterocycles. The smallest absolute Gasteiger partial charge is 0.285 e. The minimum Gasteiger partial charge on any atom is -0.497 e. The van der Waals surface area contributed by atoms with Crippen LogP contribution in [0.5, 0.6) is 5.75 Å². The molecule has 0 saturated heterocycles. The van der Waals surface area contributed by atoms with Gasteiger partial charge in [0.05, 0.1) is 18.5 Å². The highest BCUT2D eigenvalue weighted by molar-refractivity contribution is 9.10. The summed E-state index contributed by atoms with van der Waals surface area (Å²) in [6.07, 6.45) is 1.82. The van der Waals surface area contributed by atoms with E-state index in [1.54, 1.807) is 7.11 Å². The number of ether oxygens (including phenoxy) is 1. The summed E-state index contributed by atoms with van der Waals surface area (Å²) >= 11 is 3.34. The van der Waals surface area contributed by atoms with Crippen LogP contribution in [-0.4, -0.2) is 16.9 Å². The first-order valence-corrected chi connectivity index (χ1v) is 6.60. The Morgan fingerprint density at radius 2 is 2.22 bits per heavy atom. The van der Waals surface area contributed by atoms with E-state index in [-0.39, 0.29) is 5.56 Å². The van der Waals surface area contributed by atoms with Crippen LogP contribution in [0.25, 0.3) is 5.69 Å². The van der Waals surface area contributed by atoms with Gasteiger partial charge >= 0.3 is 0 Å². The number of aromatic nitrogens is 2. The maximum absolute atomic E-state index is 12.1. The van der Waals surface area contributed by atoms with Gasteiger partial charge in [0.1, 0.15) is 10.2 Å². The molecular formula is C13H15BrN2O2. The van der Waals surface area contributed by atoms with E-state index < -0.39 is 0 Å². The van der Waals surface area contributed by atoms with E-state index in [4.69, 9.17) is 4.74 Å². The average Bonchev–Trinajstić information content (AvgIpc) is 2.68. The largest absolute Gasteiger partial charge is 0.497 e. The lowest BCUT2D eigenvalue weighted by atomic mass is 10.3. The molecule has 0 radical (unpaired) electrons. The molecule has 1 aromatic carbocycles. The molecule has 0 aliphatic rings. The van der Waals surface area contributed by atoms with E-state index in [1.807, 2.05) is 24.3 Å². The molecule has 96 valence electrons. The molecule has 0 spiro atoms. The van der Waals surface area contributed by atoms with Crippen LogP contribution in [0.2, 0.25) is 0 Å². The minimum absolute atomic E-state index is 0.0771. The zero-order valence-electron chi connectivity index (χ0n) is 10.4. The number of hydrogen-bond donors (Lipinski definition) is 1. The van der Waals surface area contributed by atoms with Gasteiger partial charge in [-0.15, -0.1) is 0 Å². The second-order valence-corrected chi connectivity index (χ2v) is 4.79. The molecule has 1 N–H and O–H groups in total. The summed E-state index contributed by atoms with van der Waals surface area (Å²) in [7, 11) is 1.61. The van der Waals surface area contributed by atoms with Crippen molar-refractivity contribution in [2.45, 2.75) is 19.8 Å². The summed E-state index contributed by atoms with van der Waals surface area (Å²) in [6.45, 7) is 2.08. The van der Waals surface area contributed by atoms with Crippen LogP contribution < -0.4 is 10.3 Å². The zero-order valence-corrected chi connectivity index (χ0v) is 12.0.